The number of hydrogen-bond donors (Lipinski definition) is 0. The van der Waals surface area contributed by atoms with E-state index in [1.54, 1.807) is 0 Å². The van der Waals surface area contributed by atoms with Crippen LogP contribution >= 0.6 is 23.2 Å². The Morgan fingerprint density at radius 3 is 1.67 bits per heavy atom. The summed E-state index contributed by atoms with van der Waals surface area (Å²) in [5, 5.41) is -0.182. The maximum absolute atomic E-state index is 5.42. The zero-order valence-electron chi connectivity index (χ0n) is 3.62. The van der Waals surface area contributed by atoms with Gasteiger partial charge in [0.1, 0.15) is 0 Å². The van der Waals surface area contributed by atoms with Gasteiger partial charge in [0.25, 0.3) is 0 Å². The molecule has 0 aliphatic carbocycles. The lowest BCUT2D eigenvalue weighted by atomic mass is 10.4. The molecule has 0 heterocycles. The lowest BCUT2D eigenvalue weighted by Crippen LogP contribution is -2.04. The summed E-state index contributed by atoms with van der Waals surface area (Å²) in [6.45, 7) is 5.28. The van der Waals surface area contributed by atoms with Gasteiger partial charge in [0.05, 0.1) is 0 Å². The molecule has 37 valence electrons. The van der Waals surface area contributed by atoms with Gasteiger partial charge < -0.3 is 0 Å². The summed E-state index contributed by atoms with van der Waals surface area (Å²) < 4.78 is 0. The summed E-state index contributed by atoms with van der Waals surface area (Å²) in [7, 11) is 0. The third kappa shape index (κ3) is 2.80. The molecule has 0 saturated carbocycles. The summed E-state index contributed by atoms with van der Waals surface area (Å²) in [6.07, 6.45) is 0. The van der Waals surface area contributed by atoms with Gasteiger partial charge in [-0.3, -0.25) is 0 Å². The van der Waals surface area contributed by atoms with Gasteiger partial charge in [-0.2, -0.15) is 0 Å². The Labute approximate surface area is 48.4 Å². The van der Waals surface area contributed by atoms with Crippen LogP contribution in [0.15, 0.2) is 0 Å². The zero-order chi connectivity index (χ0) is 5.15. The summed E-state index contributed by atoms with van der Waals surface area (Å²) in [5.74, 6) is 0. The minimum Gasteiger partial charge on any atom is -0.122 e. The third-order valence-corrected chi connectivity index (χ3v) is 1.31. The van der Waals surface area contributed by atoms with Crippen LogP contribution in [0.2, 0.25) is 0 Å². The molecule has 0 aromatic rings. The Bertz CT molecular complexity index is 26.5. The fourth-order valence-corrected chi connectivity index (χ4v) is 0. The van der Waals surface area contributed by atoms with Crippen molar-refractivity contribution in [2.75, 3.05) is 0 Å². The Kier molecular flexibility index (Phi) is 2.96. The second-order valence-electron chi connectivity index (χ2n) is 1.19. The second-order valence-corrected chi connectivity index (χ2v) is 2.44. The monoisotopic (exact) mass is 125 g/mol. The van der Waals surface area contributed by atoms with E-state index in [0.29, 0.717) is 0 Å². The molecule has 0 saturated heterocycles. The van der Waals surface area contributed by atoms with Crippen molar-refractivity contribution >= 4 is 23.2 Å². The fraction of sp³-hybridized carbons (Fsp3) is 0.750. The van der Waals surface area contributed by atoms with Crippen molar-refractivity contribution in [2.24, 2.45) is 0 Å². The smallest absolute Gasteiger partial charge is 0.0497 e. The predicted molar refractivity (Wildman–Crippen MR) is 30.3 cm³/mol. The highest BCUT2D eigenvalue weighted by molar-refractivity contribution is 6.30. The van der Waals surface area contributed by atoms with E-state index in [2.05, 4.69) is 6.92 Å². The van der Waals surface area contributed by atoms with Crippen LogP contribution in [-0.2, 0) is 0 Å². The summed E-state index contributed by atoms with van der Waals surface area (Å²) in [4.78, 5) is 0. The topological polar surface area (TPSA) is 0 Å². The Balaban J connectivity index is 2.99. The quantitative estimate of drug-likeness (QED) is 0.471. The first-order valence-electron chi connectivity index (χ1n) is 1.76. The van der Waals surface area contributed by atoms with Crippen molar-refractivity contribution in [1.82, 2.24) is 0 Å². The van der Waals surface area contributed by atoms with Gasteiger partial charge in [0, 0.05) is 10.8 Å². The Morgan fingerprint density at radius 2 is 1.67 bits per heavy atom. The molecule has 0 N–H and O–H groups in total. The minimum atomic E-state index is -0.160. The minimum absolute atomic E-state index is 0.0216. The van der Waals surface area contributed by atoms with E-state index < -0.39 is 0 Å². The van der Waals surface area contributed by atoms with Crippen LogP contribution in [0.5, 0.6) is 0 Å². The van der Waals surface area contributed by atoms with Gasteiger partial charge in [0.2, 0.25) is 0 Å². The highest BCUT2D eigenvalue weighted by atomic mass is 35.5. The molecule has 0 aliphatic rings. The molecule has 0 spiro atoms. The Hall–Kier alpha value is 0.580. The predicted octanol–water partition coefficient (Wildman–Crippen LogP) is 2.06. The van der Waals surface area contributed by atoms with Gasteiger partial charge in [-0.15, -0.1) is 23.2 Å². The van der Waals surface area contributed by atoms with Crippen LogP contribution in [0.1, 0.15) is 6.92 Å². The fourth-order valence-electron chi connectivity index (χ4n) is 0. The van der Waals surface area contributed by atoms with Crippen LogP contribution in [0.3, 0.4) is 0 Å². The highest BCUT2D eigenvalue weighted by Gasteiger charge is 2.01. The molecule has 1 radical (unpaired) electrons. The van der Waals surface area contributed by atoms with Gasteiger partial charge >= 0.3 is 0 Å². The molecule has 2 heteroatoms. The van der Waals surface area contributed by atoms with Crippen molar-refractivity contribution in [3.8, 4) is 0 Å². The highest BCUT2D eigenvalue weighted by Crippen LogP contribution is 2.05. The molecular weight excluding hydrogens is 119 g/mol. The van der Waals surface area contributed by atoms with Crippen molar-refractivity contribution < 1.29 is 0 Å². The van der Waals surface area contributed by atoms with Crippen LogP contribution < -0.4 is 0 Å². The van der Waals surface area contributed by atoms with E-state index in [4.69, 9.17) is 23.2 Å². The average Bonchev–Trinajstić information content (AvgIpc) is 1.36. The number of alkyl halides is 2. The van der Waals surface area contributed by atoms with E-state index in [0.717, 1.165) is 0 Å². The van der Waals surface area contributed by atoms with E-state index in [-0.39, 0.29) is 10.8 Å². The maximum atomic E-state index is 5.42. The van der Waals surface area contributed by atoms with Crippen LogP contribution in [0.4, 0.5) is 0 Å². The van der Waals surface area contributed by atoms with E-state index in [1.165, 1.54) is 0 Å². The average molecular weight is 126 g/mol. The first-order chi connectivity index (χ1) is 2.64. The lowest BCUT2D eigenvalue weighted by Gasteiger charge is -2.00. The number of halogens is 2. The summed E-state index contributed by atoms with van der Waals surface area (Å²) in [6, 6.07) is 0. The molecule has 6 heavy (non-hydrogen) atoms. The summed E-state index contributed by atoms with van der Waals surface area (Å²) in [5.41, 5.74) is 0. The summed E-state index contributed by atoms with van der Waals surface area (Å²) >= 11 is 10.8. The van der Waals surface area contributed by atoms with E-state index >= 15 is 0 Å². The second kappa shape index (κ2) is 2.70. The van der Waals surface area contributed by atoms with E-state index in [1.807, 2.05) is 6.92 Å². The van der Waals surface area contributed by atoms with Crippen molar-refractivity contribution in [3.05, 3.63) is 6.92 Å². The third-order valence-electron chi connectivity index (χ3n) is 0.498. The number of rotatable bonds is 1. The largest absolute Gasteiger partial charge is 0.122 e. The molecule has 2 atom stereocenters. The van der Waals surface area contributed by atoms with Gasteiger partial charge in [-0.1, -0.05) is 0 Å². The van der Waals surface area contributed by atoms with Crippen LogP contribution in [0, 0.1) is 6.92 Å². The normalized spacial score (nSPS) is 20.0. The van der Waals surface area contributed by atoms with Crippen LogP contribution in [0.25, 0.3) is 0 Å². The molecule has 2 unspecified atom stereocenters. The van der Waals surface area contributed by atoms with Gasteiger partial charge in [-0.05, 0) is 13.8 Å². The first kappa shape index (κ1) is 6.58. The first-order valence-corrected chi connectivity index (χ1v) is 2.63. The van der Waals surface area contributed by atoms with Gasteiger partial charge in [-0.25, -0.2) is 0 Å². The molecule has 0 rings (SSSR count). The van der Waals surface area contributed by atoms with Crippen molar-refractivity contribution in [2.45, 2.75) is 17.7 Å². The molecule has 0 aromatic carbocycles. The van der Waals surface area contributed by atoms with Crippen molar-refractivity contribution in [3.63, 3.8) is 0 Å². The molecule has 0 bridgehead atoms. The number of hydrogen-bond acceptors (Lipinski definition) is 0. The standard InChI is InChI=1S/C4H7Cl2/c1-3(5)4(2)6/h3-4H,1H2,2H3. The van der Waals surface area contributed by atoms with Gasteiger partial charge in [0.15, 0.2) is 0 Å². The van der Waals surface area contributed by atoms with E-state index in [9.17, 15) is 0 Å². The molecule has 0 amide bonds. The lowest BCUT2D eigenvalue weighted by molar-refractivity contribution is 0.974. The molecule has 0 aromatic heterocycles. The molecule has 0 nitrogen and oxygen atoms in total. The Morgan fingerprint density at radius 1 is 1.50 bits per heavy atom. The zero-order valence-corrected chi connectivity index (χ0v) is 5.13. The molecular formula is C4H7Cl2. The SMILES string of the molecule is [CH2]C(Cl)C(C)Cl. The molecule has 0 fully saturated rings. The van der Waals surface area contributed by atoms with Crippen LogP contribution in [-0.4, -0.2) is 10.8 Å². The maximum Gasteiger partial charge on any atom is 0.0497 e. The van der Waals surface area contributed by atoms with Crippen molar-refractivity contribution in [1.29, 1.82) is 0 Å². The molecule has 0 aliphatic heterocycles.